The van der Waals surface area contributed by atoms with Gasteiger partial charge in [0.15, 0.2) is 0 Å². The van der Waals surface area contributed by atoms with Gasteiger partial charge in [0.25, 0.3) is 0 Å². The highest BCUT2D eigenvalue weighted by Crippen LogP contribution is 2.03. The zero-order chi connectivity index (χ0) is 9.56. The van der Waals surface area contributed by atoms with Gasteiger partial charge >= 0.3 is 0 Å². The first-order chi connectivity index (χ1) is 5.61. The second kappa shape index (κ2) is 6.11. The summed E-state index contributed by atoms with van der Waals surface area (Å²) in [6, 6.07) is 0. The fourth-order valence-electron chi connectivity index (χ4n) is 0.502. The van der Waals surface area contributed by atoms with Gasteiger partial charge in [0.1, 0.15) is 0 Å². The molecule has 12 heavy (non-hydrogen) atoms. The standard InChI is InChI=1S/C8H12BrNO2/c1-6(4-11)8(5-12)10-3-7(2)9/h3,11-12H,1,4-5H2,2H3/b7-3+,10-8?. The van der Waals surface area contributed by atoms with Gasteiger partial charge in [-0.1, -0.05) is 22.5 Å². The normalized spacial score (nSPS) is 13.3. The maximum absolute atomic E-state index is 8.79. The Bertz CT molecular complexity index is 217. The number of hydrogen-bond donors (Lipinski definition) is 2. The van der Waals surface area contributed by atoms with Crippen molar-refractivity contribution in [3.8, 4) is 0 Å². The fourth-order valence-corrected chi connectivity index (χ4v) is 0.604. The van der Waals surface area contributed by atoms with Crippen molar-refractivity contribution in [2.24, 2.45) is 4.99 Å². The molecule has 0 bridgehead atoms. The van der Waals surface area contributed by atoms with Crippen molar-refractivity contribution in [3.05, 3.63) is 22.8 Å². The van der Waals surface area contributed by atoms with E-state index >= 15 is 0 Å². The average molecular weight is 234 g/mol. The summed E-state index contributed by atoms with van der Waals surface area (Å²) in [5.41, 5.74) is 0.832. The highest BCUT2D eigenvalue weighted by molar-refractivity contribution is 9.11. The molecule has 0 spiro atoms. The van der Waals surface area contributed by atoms with Gasteiger partial charge in [-0.25, -0.2) is 0 Å². The minimum absolute atomic E-state index is 0.186. The molecule has 0 aromatic rings. The zero-order valence-corrected chi connectivity index (χ0v) is 8.50. The Hall–Kier alpha value is -0.450. The molecule has 0 radical (unpaired) electrons. The van der Waals surface area contributed by atoms with Gasteiger partial charge in [-0.05, 0) is 12.5 Å². The number of aliphatic hydroxyl groups excluding tert-OH is 2. The molecule has 3 nitrogen and oxygen atoms in total. The molecule has 4 heteroatoms. The van der Waals surface area contributed by atoms with E-state index in [1.54, 1.807) is 6.20 Å². The van der Waals surface area contributed by atoms with Crippen LogP contribution in [0.5, 0.6) is 0 Å². The first-order valence-electron chi connectivity index (χ1n) is 3.40. The van der Waals surface area contributed by atoms with Crippen molar-refractivity contribution in [2.45, 2.75) is 6.92 Å². The van der Waals surface area contributed by atoms with Gasteiger partial charge in [0.05, 0.1) is 18.9 Å². The third-order valence-corrected chi connectivity index (χ3v) is 1.35. The number of aliphatic hydroxyl groups is 2. The van der Waals surface area contributed by atoms with E-state index in [2.05, 4.69) is 27.5 Å². The molecule has 0 aliphatic heterocycles. The van der Waals surface area contributed by atoms with Gasteiger partial charge in [0.2, 0.25) is 0 Å². The largest absolute Gasteiger partial charge is 0.392 e. The lowest BCUT2D eigenvalue weighted by Crippen LogP contribution is -2.09. The fraction of sp³-hybridized carbons (Fsp3) is 0.375. The molecule has 0 rings (SSSR count). The van der Waals surface area contributed by atoms with E-state index in [9.17, 15) is 0 Å². The summed E-state index contributed by atoms with van der Waals surface area (Å²) in [5.74, 6) is 0. The van der Waals surface area contributed by atoms with E-state index in [0.717, 1.165) is 4.48 Å². The molecule has 0 aliphatic rings. The van der Waals surface area contributed by atoms with Crippen LogP contribution in [0.25, 0.3) is 0 Å². The van der Waals surface area contributed by atoms with Gasteiger partial charge < -0.3 is 10.2 Å². The lowest BCUT2D eigenvalue weighted by atomic mass is 10.2. The molecule has 0 fully saturated rings. The van der Waals surface area contributed by atoms with Crippen LogP contribution < -0.4 is 0 Å². The minimum atomic E-state index is -0.212. The summed E-state index contributed by atoms with van der Waals surface area (Å²) < 4.78 is 0.846. The first kappa shape index (κ1) is 11.6. The molecule has 0 aliphatic carbocycles. The predicted molar refractivity (Wildman–Crippen MR) is 53.4 cm³/mol. The molecule has 0 heterocycles. The minimum Gasteiger partial charge on any atom is -0.392 e. The molecule has 0 saturated carbocycles. The molecular formula is C8H12BrNO2. The second-order valence-corrected chi connectivity index (χ2v) is 3.46. The van der Waals surface area contributed by atoms with Crippen molar-refractivity contribution in [1.82, 2.24) is 0 Å². The Labute approximate surface area is 80.3 Å². The number of nitrogens with zero attached hydrogens (tertiary/aromatic N) is 1. The molecular weight excluding hydrogens is 222 g/mol. The Morgan fingerprint density at radius 2 is 2.08 bits per heavy atom. The Morgan fingerprint density at radius 3 is 2.42 bits per heavy atom. The third-order valence-electron chi connectivity index (χ3n) is 1.15. The Morgan fingerprint density at radius 1 is 1.50 bits per heavy atom. The van der Waals surface area contributed by atoms with Gasteiger partial charge in [-0.3, -0.25) is 4.99 Å². The number of rotatable bonds is 4. The highest BCUT2D eigenvalue weighted by atomic mass is 79.9. The number of hydrogen-bond acceptors (Lipinski definition) is 3. The van der Waals surface area contributed by atoms with E-state index in [1.807, 2.05) is 6.92 Å². The molecule has 0 atom stereocenters. The molecule has 0 aromatic carbocycles. The van der Waals surface area contributed by atoms with Crippen LogP contribution in [0.15, 0.2) is 27.8 Å². The van der Waals surface area contributed by atoms with Crippen LogP contribution in [0.3, 0.4) is 0 Å². The van der Waals surface area contributed by atoms with Crippen LogP contribution >= 0.6 is 15.9 Å². The van der Waals surface area contributed by atoms with Crippen LogP contribution in [-0.2, 0) is 0 Å². The quantitative estimate of drug-likeness (QED) is 0.718. The second-order valence-electron chi connectivity index (χ2n) is 2.21. The number of allylic oxidation sites excluding steroid dienone is 1. The van der Waals surface area contributed by atoms with Gasteiger partial charge in [-0.15, -0.1) is 0 Å². The summed E-state index contributed by atoms with van der Waals surface area (Å²) >= 11 is 3.18. The van der Waals surface area contributed by atoms with Gasteiger partial charge in [-0.2, -0.15) is 0 Å². The zero-order valence-electron chi connectivity index (χ0n) is 6.92. The smallest absolute Gasteiger partial charge is 0.0856 e. The van der Waals surface area contributed by atoms with Crippen LogP contribution in [0.2, 0.25) is 0 Å². The van der Waals surface area contributed by atoms with E-state index in [1.165, 1.54) is 0 Å². The topological polar surface area (TPSA) is 52.8 Å². The summed E-state index contributed by atoms with van der Waals surface area (Å²) in [7, 11) is 0. The summed E-state index contributed by atoms with van der Waals surface area (Å²) in [5, 5.41) is 17.5. The van der Waals surface area contributed by atoms with Crippen molar-refractivity contribution in [3.63, 3.8) is 0 Å². The van der Waals surface area contributed by atoms with E-state index in [0.29, 0.717) is 11.3 Å². The van der Waals surface area contributed by atoms with Crippen molar-refractivity contribution in [1.29, 1.82) is 0 Å². The first-order valence-corrected chi connectivity index (χ1v) is 4.20. The predicted octanol–water partition coefficient (Wildman–Crippen LogP) is 1.22. The van der Waals surface area contributed by atoms with Crippen LogP contribution in [0.1, 0.15) is 6.92 Å². The SMILES string of the molecule is C=C(CO)C(CO)=N/C=C(\C)Br. The summed E-state index contributed by atoms with van der Waals surface area (Å²) in [6.45, 7) is 4.96. The lowest BCUT2D eigenvalue weighted by molar-refractivity contribution is 0.330. The van der Waals surface area contributed by atoms with Crippen molar-refractivity contribution in [2.75, 3.05) is 13.2 Å². The van der Waals surface area contributed by atoms with E-state index < -0.39 is 0 Å². The molecule has 0 amide bonds. The summed E-state index contributed by atoms with van der Waals surface area (Å²) in [4.78, 5) is 3.91. The molecule has 0 saturated heterocycles. The molecule has 68 valence electrons. The monoisotopic (exact) mass is 233 g/mol. The van der Waals surface area contributed by atoms with Crippen molar-refractivity contribution < 1.29 is 10.2 Å². The average Bonchev–Trinajstić information content (AvgIpc) is 2.04. The van der Waals surface area contributed by atoms with E-state index in [4.69, 9.17) is 10.2 Å². The maximum atomic E-state index is 8.79. The molecule has 0 aromatic heterocycles. The number of halogens is 1. The summed E-state index contributed by atoms with van der Waals surface area (Å²) in [6.07, 6.45) is 1.55. The Kier molecular flexibility index (Phi) is 5.88. The Balaban J connectivity index is 4.44. The molecule has 0 unspecified atom stereocenters. The number of aliphatic imine (C=N–C) groups is 1. The lowest BCUT2D eigenvalue weighted by Gasteiger charge is -2.01. The van der Waals surface area contributed by atoms with Crippen LogP contribution in [0, 0.1) is 0 Å². The van der Waals surface area contributed by atoms with Crippen molar-refractivity contribution >= 4 is 21.6 Å². The van der Waals surface area contributed by atoms with Gasteiger partial charge in [0, 0.05) is 10.7 Å². The van der Waals surface area contributed by atoms with Crippen LogP contribution in [-0.4, -0.2) is 29.1 Å². The third kappa shape index (κ3) is 4.43. The highest BCUT2D eigenvalue weighted by Gasteiger charge is 1.99. The van der Waals surface area contributed by atoms with E-state index in [-0.39, 0.29) is 13.2 Å². The molecule has 2 N–H and O–H groups in total. The maximum Gasteiger partial charge on any atom is 0.0856 e. The van der Waals surface area contributed by atoms with Crippen LogP contribution in [0.4, 0.5) is 0 Å².